The zero-order chi connectivity index (χ0) is 10.1. The normalized spacial score (nSPS) is 26.8. The van der Waals surface area contributed by atoms with Crippen molar-refractivity contribution < 1.29 is 19.4 Å². The van der Waals surface area contributed by atoms with Crippen molar-refractivity contribution in [2.45, 2.75) is 19.1 Å². The maximum Gasteiger partial charge on any atom is 0.346 e. The molecule has 0 bridgehead atoms. The number of carbonyl (C=O) groups is 1. The van der Waals surface area contributed by atoms with Gasteiger partial charge in [0.15, 0.2) is 5.76 Å². The highest BCUT2D eigenvalue weighted by Crippen LogP contribution is 2.25. The van der Waals surface area contributed by atoms with Crippen LogP contribution in [0.2, 0.25) is 0 Å². The van der Waals surface area contributed by atoms with Crippen LogP contribution in [0.15, 0.2) is 16.3 Å². The average Bonchev–Trinajstić information content (AvgIpc) is 2.74. The molecule has 5 nitrogen and oxygen atoms in total. The van der Waals surface area contributed by atoms with Crippen molar-refractivity contribution in [2.24, 2.45) is 4.99 Å². The molecule has 1 atom stereocenters. The van der Waals surface area contributed by atoms with E-state index in [2.05, 4.69) is 4.99 Å². The number of hydrogen-bond donors (Lipinski definition) is 1. The molecule has 1 N–H and O–H groups in total. The molecule has 0 aromatic rings. The smallest absolute Gasteiger partial charge is 0.346 e. The van der Waals surface area contributed by atoms with Gasteiger partial charge in [-0.05, 0) is 12.8 Å². The van der Waals surface area contributed by atoms with Crippen molar-refractivity contribution in [3.8, 4) is 0 Å². The van der Waals surface area contributed by atoms with Gasteiger partial charge < -0.3 is 14.6 Å². The number of carbonyl (C=O) groups excluding carboxylic acids is 1. The van der Waals surface area contributed by atoms with E-state index < -0.39 is 12.3 Å². The third-order valence-electron chi connectivity index (χ3n) is 2.27. The predicted octanol–water partition coefficient (Wildman–Crippen LogP) is 0.563. The summed E-state index contributed by atoms with van der Waals surface area (Å²) in [5.41, 5.74) is 0.821. The fourth-order valence-corrected chi connectivity index (χ4v) is 1.60. The van der Waals surface area contributed by atoms with Crippen LogP contribution in [-0.4, -0.2) is 36.7 Å². The van der Waals surface area contributed by atoms with Crippen molar-refractivity contribution in [2.75, 3.05) is 13.7 Å². The Kier molecular flexibility index (Phi) is 2.25. The number of rotatable bonds is 2. The first-order valence-corrected chi connectivity index (χ1v) is 4.44. The monoisotopic (exact) mass is 197 g/mol. The van der Waals surface area contributed by atoms with Gasteiger partial charge in [-0.3, -0.25) is 4.99 Å². The first-order chi connectivity index (χ1) is 6.74. The van der Waals surface area contributed by atoms with Gasteiger partial charge in [-0.15, -0.1) is 0 Å². The third kappa shape index (κ3) is 1.29. The van der Waals surface area contributed by atoms with E-state index in [1.807, 2.05) is 0 Å². The van der Waals surface area contributed by atoms with E-state index >= 15 is 0 Å². The van der Waals surface area contributed by atoms with Gasteiger partial charge >= 0.3 is 5.97 Å². The molecule has 0 aliphatic carbocycles. The lowest BCUT2D eigenvalue weighted by Gasteiger charge is -2.05. The number of ether oxygens (including phenoxy) is 2. The van der Waals surface area contributed by atoms with Crippen LogP contribution in [0.1, 0.15) is 12.8 Å². The van der Waals surface area contributed by atoms with Gasteiger partial charge in [-0.25, -0.2) is 4.79 Å². The Morgan fingerprint density at radius 1 is 1.64 bits per heavy atom. The lowest BCUT2D eigenvalue weighted by Crippen LogP contribution is -2.13. The predicted molar refractivity (Wildman–Crippen MR) is 48.1 cm³/mol. The Hall–Kier alpha value is -1.36. The molecule has 0 saturated carbocycles. The Bertz CT molecular complexity index is 332. The van der Waals surface area contributed by atoms with Crippen LogP contribution in [0.5, 0.6) is 0 Å². The molecule has 2 heterocycles. The van der Waals surface area contributed by atoms with E-state index in [9.17, 15) is 9.90 Å². The Labute approximate surface area is 81.0 Å². The number of nitrogens with zero attached hydrogens (tertiary/aromatic N) is 1. The number of methoxy groups -OCH3 is 1. The first-order valence-electron chi connectivity index (χ1n) is 4.44. The molecular formula is C9H11NO4. The van der Waals surface area contributed by atoms with Crippen LogP contribution in [0.4, 0.5) is 0 Å². The summed E-state index contributed by atoms with van der Waals surface area (Å²) in [5.74, 6) is -0.701. The van der Waals surface area contributed by atoms with Gasteiger partial charge in [0.05, 0.1) is 5.71 Å². The van der Waals surface area contributed by atoms with Gasteiger partial charge in [0.2, 0.25) is 0 Å². The molecule has 2 aliphatic rings. The second-order valence-electron chi connectivity index (χ2n) is 3.17. The van der Waals surface area contributed by atoms with Crippen molar-refractivity contribution in [3.05, 3.63) is 11.3 Å². The molecule has 0 aromatic carbocycles. The quantitative estimate of drug-likeness (QED) is 0.657. The number of aliphatic hydroxyl groups excluding tert-OH is 1. The second kappa shape index (κ2) is 3.42. The molecule has 2 aliphatic heterocycles. The van der Waals surface area contributed by atoms with Gasteiger partial charge in [0, 0.05) is 13.7 Å². The van der Waals surface area contributed by atoms with E-state index in [0.717, 1.165) is 6.42 Å². The zero-order valence-electron chi connectivity index (χ0n) is 7.82. The SMILES string of the molecule is COC1OC(=O)C(C2=NCCC2)=C1O. The van der Waals surface area contributed by atoms with E-state index in [1.165, 1.54) is 7.11 Å². The summed E-state index contributed by atoms with van der Waals surface area (Å²) in [6.07, 6.45) is 0.669. The molecule has 14 heavy (non-hydrogen) atoms. The maximum absolute atomic E-state index is 11.3. The average molecular weight is 197 g/mol. The fraction of sp³-hybridized carbons (Fsp3) is 0.556. The lowest BCUT2D eigenvalue weighted by molar-refractivity contribution is -0.158. The molecule has 0 saturated heterocycles. The second-order valence-corrected chi connectivity index (χ2v) is 3.17. The lowest BCUT2D eigenvalue weighted by atomic mass is 10.1. The van der Waals surface area contributed by atoms with Crippen molar-refractivity contribution in [1.29, 1.82) is 0 Å². The molecule has 0 spiro atoms. The minimum absolute atomic E-state index is 0.154. The van der Waals surface area contributed by atoms with E-state index in [4.69, 9.17) is 9.47 Å². The van der Waals surface area contributed by atoms with Crippen molar-refractivity contribution in [3.63, 3.8) is 0 Å². The van der Waals surface area contributed by atoms with E-state index in [0.29, 0.717) is 18.7 Å². The Morgan fingerprint density at radius 2 is 2.43 bits per heavy atom. The fourth-order valence-electron chi connectivity index (χ4n) is 1.60. The molecule has 76 valence electrons. The molecule has 1 unspecified atom stereocenters. The van der Waals surface area contributed by atoms with Crippen LogP contribution in [0.3, 0.4) is 0 Å². The summed E-state index contributed by atoms with van der Waals surface area (Å²) in [5, 5.41) is 9.61. The van der Waals surface area contributed by atoms with E-state index in [-0.39, 0.29) is 11.3 Å². The Balaban J connectivity index is 2.31. The van der Waals surface area contributed by atoms with Gasteiger partial charge in [0.25, 0.3) is 6.29 Å². The van der Waals surface area contributed by atoms with Crippen molar-refractivity contribution >= 4 is 11.7 Å². The van der Waals surface area contributed by atoms with Crippen LogP contribution in [0, 0.1) is 0 Å². The number of aliphatic imine (C=N–C) groups is 1. The first kappa shape index (κ1) is 9.21. The standard InChI is InChI=1S/C9H11NO4/c1-13-9-7(11)6(8(12)14-9)5-3-2-4-10-5/h9,11H,2-4H2,1H3. The largest absolute Gasteiger partial charge is 0.505 e. The minimum Gasteiger partial charge on any atom is -0.505 e. The highest BCUT2D eigenvalue weighted by atomic mass is 16.7. The molecule has 0 radical (unpaired) electrons. The third-order valence-corrected chi connectivity index (χ3v) is 2.27. The molecule has 0 amide bonds. The highest BCUT2D eigenvalue weighted by Gasteiger charge is 2.37. The minimum atomic E-state index is -0.958. The van der Waals surface area contributed by atoms with Crippen molar-refractivity contribution in [1.82, 2.24) is 0 Å². The number of aliphatic hydroxyl groups is 1. The molecule has 5 heteroatoms. The van der Waals surface area contributed by atoms with Crippen LogP contribution in [-0.2, 0) is 14.3 Å². The summed E-state index contributed by atoms with van der Waals surface area (Å²) in [6.45, 7) is 0.705. The highest BCUT2D eigenvalue weighted by molar-refractivity contribution is 6.21. The molecule has 2 rings (SSSR count). The van der Waals surface area contributed by atoms with Gasteiger partial charge in [-0.1, -0.05) is 0 Å². The van der Waals surface area contributed by atoms with E-state index in [1.54, 1.807) is 0 Å². The summed E-state index contributed by atoms with van der Waals surface area (Å²) in [6, 6.07) is 0. The van der Waals surface area contributed by atoms with Crippen LogP contribution in [0.25, 0.3) is 0 Å². The number of hydrogen-bond acceptors (Lipinski definition) is 5. The summed E-state index contributed by atoms with van der Waals surface area (Å²) >= 11 is 0. The van der Waals surface area contributed by atoms with Gasteiger partial charge in [0.1, 0.15) is 5.57 Å². The summed E-state index contributed by atoms with van der Waals surface area (Å²) < 4.78 is 9.56. The zero-order valence-corrected chi connectivity index (χ0v) is 7.82. The maximum atomic E-state index is 11.3. The summed E-state index contributed by atoms with van der Waals surface area (Å²) in [4.78, 5) is 15.5. The number of esters is 1. The Morgan fingerprint density at radius 3 is 2.93 bits per heavy atom. The number of cyclic esters (lactones) is 1. The van der Waals surface area contributed by atoms with Crippen LogP contribution >= 0.6 is 0 Å². The molecule has 0 fully saturated rings. The summed E-state index contributed by atoms with van der Waals surface area (Å²) in [7, 11) is 1.37. The molecular weight excluding hydrogens is 186 g/mol. The van der Waals surface area contributed by atoms with Crippen LogP contribution < -0.4 is 0 Å². The molecule has 0 aromatic heterocycles. The van der Waals surface area contributed by atoms with Gasteiger partial charge in [-0.2, -0.15) is 0 Å². The topological polar surface area (TPSA) is 68.1 Å².